The molecule has 0 spiro atoms. The fourth-order valence-electron chi connectivity index (χ4n) is 4.72. The maximum Gasteiger partial charge on any atom is 0.305 e. The molecule has 0 aromatic carbocycles. The van der Waals surface area contributed by atoms with Crippen LogP contribution >= 0.6 is 11.3 Å². The van der Waals surface area contributed by atoms with Crippen LogP contribution in [0, 0.1) is 5.41 Å². The van der Waals surface area contributed by atoms with Crippen molar-refractivity contribution >= 4 is 17.3 Å². The highest BCUT2D eigenvalue weighted by Gasteiger charge is 2.40. The van der Waals surface area contributed by atoms with Crippen LogP contribution in [0.2, 0.25) is 0 Å². The van der Waals surface area contributed by atoms with E-state index in [0.717, 1.165) is 38.8 Å². The van der Waals surface area contributed by atoms with Crippen molar-refractivity contribution in [3.8, 4) is 0 Å². The third-order valence-electron chi connectivity index (χ3n) is 7.23. The Bertz CT molecular complexity index is 640. The van der Waals surface area contributed by atoms with Crippen molar-refractivity contribution in [3.63, 3.8) is 0 Å². The number of halogens is 1. The number of aromatic nitrogens is 1. The SMILES string of the molecule is CCCCCCCCCCCCCCCCOCC1(COC(=O)CCCCC[n+]2ccsc2)COC1.[Br-]. The van der Waals surface area contributed by atoms with Gasteiger partial charge in [0.1, 0.15) is 13.2 Å². The number of aryl methyl sites for hydroxylation is 1. The molecule has 7 heteroatoms. The third-order valence-corrected chi connectivity index (χ3v) is 7.90. The van der Waals surface area contributed by atoms with Gasteiger partial charge in [0.15, 0.2) is 6.20 Å². The first-order valence-corrected chi connectivity index (χ1v) is 15.9. The van der Waals surface area contributed by atoms with Crippen LogP contribution in [0.5, 0.6) is 0 Å². The lowest BCUT2D eigenvalue weighted by Gasteiger charge is -2.40. The number of thiazole rings is 1. The van der Waals surface area contributed by atoms with E-state index >= 15 is 0 Å². The summed E-state index contributed by atoms with van der Waals surface area (Å²) in [6, 6.07) is 0. The molecule has 1 aliphatic heterocycles. The van der Waals surface area contributed by atoms with Gasteiger partial charge in [-0.25, -0.2) is 0 Å². The van der Waals surface area contributed by atoms with Crippen molar-refractivity contribution < 1.29 is 40.6 Å². The number of carbonyl (C=O) groups excluding carboxylic acids is 1. The second-order valence-corrected chi connectivity index (χ2v) is 11.6. The Kier molecular flexibility index (Phi) is 21.8. The molecule has 1 fully saturated rings. The molecule has 0 aliphatic carbocycles. The van der Waals surface area contributed by atoms with E-state index < -0.39 is 0 Å². The number of carbonyl (C=O) groups is 1. The summed E-state index contributed by atoms with van der Waals surface area (Å²) in [7, 11) is 0. The molecule has 1 aromatic rings. The zero-order valence-electron chi connectivity index (χ0n) is 23.6. The fraction of sp³-hybridized carbons (Fsp3) is 0.867. The quantitative estimate of drug-likeness (QED) is 0.0926. The lowest BCUT2D eigenvalue weighted by molar-refractivity contribution is -0.692. The summed E-state index contributed by atoms with van der Waals surface area (Å²) in [4.78, 5) is 12.1. The molecule has 2 rings (SSSR count). The molecular formula is C30H54BrNO4S. The van der Waals surface area contributed by atoms with E-state index in [4.69, 9.17) is 14.2 Å². The first-order valence-electron chi connectivity index (χ1n) is 15.0. The molecule has 0 saturated carbocycles. The second kappa shape index (κ2) is 23.4. The van der Waals surface area contributed by atoms with Crippen molar-refractivity contribution in [2.45, 2.75) is 129 Å². The number of ether oxygens (including phenoxy) is 3. The zero-order chi connectivity index (χ0) is 25.6. The van der Waals surface area contributed by atoms with E-state index in [1.807, 2.05) is 0 Å². The molecule has 1 saturated heterocycles. The van der Waals surface area contributed by atoms with Crippen molar-refractivity contribution in [3.05, 3.63) is 17.1 Å². The molecule has 37 heavy (non-hydrogen) atoms. The van der Waals surface area contributed by atoms with Crippen molar-refractivity contribution in [2.24, 2.45) is 5.41 Å². The van der Waals surface area contributed by atoms with E-state index in [2.05, 4.69) is 28.6 Å². The van der Waals surface area contributed by atoms with Gasteiger partial charge >= 0.3 is 5.97 Å². The van der Waals surface area contributed by atoms with Gasteiger partial charge in [0, 0.05) is 19.4 Å². The Balaban J connectivity index is 0.00000684. The summed E-state index contributed by atoms with van der Waals surface area (Å²) in [6.07, 6.45) is 24.8. The number of rotatable bonds is 25. The lowest BCUT2D eigenvalue weighted by Crippen LogP contribution is -3.00. The highest BCUT2D eigenvalue weighted by atomic mass is 79.9. The van der Waals surface area contributed by atoms with Gasteiger partial charge in [-0.3, -0.25) is 4.79 Å². The van der Waals surface area contributed by atoms with Gasteiger partial charge in [0.25, 0.3) is 0 Å². The monoisotopic (exact) mass is 603 g/mol. The molecule has 1 aliphatic rings. The van der Waals surface area contributed by atoms with E-state index in [0.29, 0.717) is 32.8 Å². The first-order chi connectivity index (χ1) is 17.7. The van der Waals surface area contributed by atoms with Crippen molar-refractivity contribution in [2.75, 3.05) is 33.0 Å². The van der Waals surface area contributed by atoms with Gasteiger partial charge < -0.3 is 31.2 Å². The largest absolute Gasteiger partial charge is 1.00 e. The number of unbranched alkanes of at least 4 members (excludes halogenated alkanes) is 15. The van der Waals surface area contributed by atoms with Crippen LogP contribution in [0.25, 0.3) is 0 Å². The van der Waals surface area contributed by atoms with E-state index in [1.165, 1.54) is 83.5 Å². The first kappa shape index (κ1) is 34.5. The standard InChI is InChI=1S/C30H54NO4S.BrH/c1-2-3-4-5-6-7-8-9-10-11-12-13-14-18-22-33-24-30(25-34-26-30)27-35-29(32)19-16-15-17-20-31-21-23-36-28-31;/h21,23,28H,2-20,22,24-27H2,1H3;1H/q+1;/p-1. The molecule has 0 unspecified atom stereocenters. The number of hydrogen-bond donors (Lipinski definition) is 0. The molecular weight excluding hydrogens is 550 g/mol. The van der Waals surface area contributed by atoms with Crippen LogP contribution in [0.15, 0.2) is 17.1 Å². The Morgan fingerprint density at radius 3 is 1.97 bits per heavy atom. The number of esters is 1. The van der Waals surface area contributed by atoms with Crippen LogP contribution in [0.4, 0.5) is 0 Å². The van der Waals surface area contributed by atoms with Gasteiger partial charge in [0.05, 0.1) is 30.6 Å². The van der Waals surface area contributed by atoms with Crippen molar-refractivity contribution in [1.82, 2.24) is 0 Å². The average molecular weight is 605 g/mol. The van der Waals surface area contributed by atoms with Crippen molar-refractivity contribution in [1.29, 1.82) is 0 Å². The predicted molar refractivity (Wildman–Crippen MR) is 148 cm³/mol. The van der Waals surface area contributed by atoms with Gasteiger partial charge in [-0.15, -0.1) is 0 Å². The molecule has 216 valence electrons. The molecule has 0 radical (unpaired) electrons. The molecule has 0 atom stereocenters. The maximum absolute atomic E-state index is 12.1. The Morgan fingerprint density at radius 1 is 0.838 bits per heavy atom. The minimum absolute atomic E-state index is 0. The summed E-state index contributed by atoms with van der Waals surface area (Å²) >= 11 is 1.71. The van der Waals surface area contributed by atoms with Crippen LogP contribution in [0.1, 0.15) is 122 Å². The summed E-state index contributed by atoms with van der Waals surface area (Å²) in [5.41, 5.74) is 2.00. The predicted octanol–water partition coefficient (Wildman–Crippen LogP) is 4.66. The second-order valence-electron chi connectivity index (χ2n) is 10.9. The smallest absolute Gasteiger partial charge is 0.305 e. The summed E-state index contributed by atoms with van der Waals surface area (Å²) < 4.78 is 19.2. The van der Waals surface area contributed by atoms with E-state index in [-0.39, 0.29) is 28.4 Å². The maximum atomic E-state index is 12.1. The van der Waals surface area contributed by atoms with Gasteiger partial charge in [-0.1, -0.05) is 102 Å². The zero-order valence-corrected chi connectivity index (χ0v) is 26.0. The molecule has 2 heterocycles. The number of nitrogens with zero attached hydrogens (tertiary/aromatic N) is 1. The fourth-order valence-corrected chi connectivity index (χ4v) is 5.35. The Morgan fingerprint density at radius 2 is 1.43 bits per heavy atom. The summed E-state index contributed by atoms with van der Waals surface area (Å²) in [5.74, 6) is -0.0866. The highest BCUT2D eigenvalue weighted by Crippen LogP contribution is 2.28. The van der Waals surface area contributed by atoms with Crippen LogP contribution < -0.4 is 21.5 Å². The minimum atomic E-state index is -0.124. The third kappa shape index (κ3) is 17.7. The minimum Gasteiger partial charge on any atom is -1.00 e. The van der Waals surface area contributed by atoms with Gasteiger partial charge in [-0.05, 0) is 19.3 Å². The van der Waals surface area contributed by atoms with Crippen LogP contribution in [0.3, 0.4) is 0 Å². The molecule has 0 bridgehead atoms. The molecule has 0 amide bonds. The average Bonchev–Trinajstić information content (AvgIpc) is 3.38. The van der Waals surface area contributed by atoms with Gasteiger partial charge in [-0.2, -0.15) is 4.57 Å². The highest BCUT2D eigenvalue weighted by molar-refractivity contribution is 7.07. The molecule has 5 nitrogen and oxygen atoms in total. The Hall–Kier alpha value is -0.500. The topological polar surface area (TPSA) is 48.6 Å². The number of hydrogen-bond acceptors (Lipinski definition) is 5. The van der Waals surface area contributed by atoms with E-state index in [9.17, 15) is 4.79 Å². The molecule has 0 N–H and O–H groups in total. The summed E-state index contributed by atoms with van der Waals surface area (Å²) in [5, 5.41) is 2.08. The lowest BCUT2D eigenvalue weighted by atomic mass is 9.88. The normalized spacial score (nSPS) is 14.2. The van der Waals surface area contributed by atoms with Crippen LogP contribution in [-0.4, -0.2) is 39.0 Å². The Labute approximate surface area is 241 Å². The van der Waals surface area contributed by atoms with Crippen LogP contribution in [-0.2, 0) is 25.5 Å². The summed E-state index contributed by atoms with van der Waals surface area (Å²) in [6.45, 7) is 6.44. The van der Waals surface area contributed by atoms with Gasteiger partial charge in [0.2, 0.25) is 5.51 Å². The molecule has 1 aromatic heterocycles. The van der Waals surface area contributed by atoms with E-state index in [1.54, 1.807) is 11.3 Å².